The number of aliphatic hydroxyl groups is 1. The maximum absolute atomic E-state index is 12.4. The lowest BCUT2D eigenvalue weighted by atomic mass is 9.91. The Bertz CT molecular complexity index is 333. The summed E-state index contributed by atoms with van der Waals surface area (Å²) >= 11 is 0. The molecular weight excluding hydrogens is 242 g/mol. The maximum Gasteiger partial charge on any atom is 0.239 e. The molecule has 0 aromatic heterocycles. The van der Waals surface area contributed by atoms with Gasteiger partial charge in [-0.25, -0.2) is 0 Å². The van der Waals surface area contributed by atoms with Crippen LogP contribution in [0.3, 0.4) is 0 Å². The van der Waals surface area contributed by atoms with Gasteiger partial charge in [-0.3, -0.25) is 9.69 Å². The van der Waals surface area contributed by atoms with Crippen molar-refractivity contribution >= 4 is 5.91 Å². The highest BCUT2D eigenvalue weighted by Gasteiger charge is 2.33. The van der Waals surface area contributed by atoms with Gasteiger partial charge in [-0.05, 0) is 25.7 Å². The fourth-order valence-electron chi connectivity index (χ4n) is 3.40. The Morgan fingerprint density at radius 2 is 1.95 bits per heavy atom. The zero-order chi connectivity index (χ0) is 13.2. The van der Waals surface area contributed by atoms with Gasteiger partial charge in [0.1, 0.15) is 0 Å². The van der Waals surface area contributed by atoms with E-state index in [4.69, 9.17) is 0 Å². The molecule has 2 heterocycles. The van der Waals surface area contributed by atoms with Crippen molar-refractivity contribution in [1.82, 2.24) is 15.1 Å². The predicted molar refractivity (Wildman–Crippen MR) is 72.8 cm³/mol. The van der Waals surface area contributed by atoms with Crippen LogP contribution in [0.2, 0.25) is 0 Å². The average molecular weight is 267 g/mol. The van der Waals surface area contributed by atoms with Gasteiger partial charge in [0.2, 0.25) is 5.91 Å². The van der Waals surface area contributed by atoms with E-state index in [0.717, 1.165) is 38.6 Å². The molecule has 3 rings (SSSR count). The minimum absolute atomic E-state index is 0.162. The summed E-state index contributed by atoms with van der Waals surface area (Å²) < 4.78 is 0. The Balaban J connectivity index is 1.52. The standard InChI is InChI=1S/C14H25N3O2/c18-12-9-13(15-10-12)14(19)17-6-2-5-16(7-8-17)11-3-1-4-11/h11-13,15,18H,1-10H2/t12-,13+/m1/s1. The van der Waals surface area contributed by atoms with Gasteiger partial charge in [-0.15, -0.1) is 0 Å². The third-order valence-corrected chi connectivity index (χ3v) is 4.84. The summed E-state index contributed by atoms with van der Waals surface area (Å²) in [6, 6.07) is 0.617. The molecule has 1 saturated carbocycles. The molecular formula is C14H25N3O2. The number of hydrogen-bond donors (Lipinski definition) is 2. The molecule has 3 aliphatic rings. The van der Waals surface area contributed by atoms with E-state index in [0.29, 0.717) is 13.0 Å². The van der Waals surface area contributed by atoms with Crippen LogP contribution in [0.1, 0.15) is 32.1 Å². The number of nitrogens with one attached hydrogen (secondary N) is 1. The quantitative estimate of drug-likeness (QED) is 0.727. The van der Waals surface area contributed by atoms with Crippen molar-refractivity contribution in [3.63, 3.8) is 0 Å². The van der Waals surface area contributed by atoms with Crippen LogP contribution in [0.25, 0.3) is 0 Å². The van der Waals surface area contributed by atoms with Crippen LogP contribution in [0.5, 0.6) is 0 Å². The number of aliphatic hydroxyl groups excluding tert-OH is 1. The van der Waals surface area contributed by atoms with Crippen molar-refractivity contribution in [2.45, 2.75) is 50.3 Å². The summed E-state index contributed by atoms with van der Waals surface area (Å²) in [7, 11) is 0. The molecule has 1 amide bonds. The number of β-amino-alcohol motifs (C(OH)–C–C–N with tert-alkyl or cyclic N) is 1. The lowest BCUT2D eigenvalue weighted by Gasteiger charge is -2.36. The molecule has 0 radical (unpaired) electrons. The molecule has 3 fully saturated rings. The first-order valence-corrected chi connectivity index (χ1v) is 7.68. The Morgan fingerprint density at radius 1 is 1.11 bits per heavy atom. The van der Waals surface area contributed by atoms with Crippen LogP contribution in [0.15, 0.2) is 0 Å². The second-order valence-electron chi connectivity index (χ2n) is 6.15. The first kappa shape index (κ1) is 13.3. The van der Waals surface area contributed by atoms with Crippen LogP contribution in [0.4, 0.5) is 0 Å². The van der Waals surface area contributed by atoms with Crippen LogP contribution in [-0.4, -0.2) is 71.7 Å². The third-order valence-electron chi connectivity index (χ3n) is 4.84. The smallest absolute Gasteiger partial charge is 0.239 e. The Kier molecular flexibility index (Phi) is 4.05. The molecule has 0 aromatic rings. The van der Waals surface area contributed by atoms with E-state index in [2.05, 4.69) is 10.2 Å². The largest absolute Gasteiger partial charge is 0.392 e. The number of hydrogen-bond acceptors (Lipinski definition) is 4. The van der Waals surface area contributed by atoms with Crippen LogP contribution < -0.4 is 5.32 Å². The van der Waals surface area contributed by atoms with Crippen LogP contribution >= 0.6 is 0 Å². The minimum Gasteiger partial charge on any atom is -0.392 e. The van der Waals surface area contributed by atoms with E-state index in [1.807, 2.05) is 4.90 Å². The Hall–Kier alpha value is -0.650. The lowest BCUT2D eigenvalue weighted by Crippen LogP contribution is -2.46. The molecule has 5 nitrogen and oxygen atoms in total. The summed E-state index contributed by atoms with van der Waals surface area (Å²) in [5, 5.41) is 12.6. The lowest BCUT2D eigenvalue weighted by molar-refractivity contribution is -0.133. The van der Waals surface area contributed by atoms with Crippen molar-refractivity contribution in [2.24, 2.45) is 0 Å². The first-order chi connectivity index (χ1) is 9.24. The van der Waals surface area contributed by atoms with Gasteiger partial charge in [-0.1, -0.05) is 6.42 Å². The number of carbonyl (C=O) groups is 1. The summed E-state index contributed by atoms with van der Waals surface area (Å²) in [6.07, 6.45) is 5.34. The van der Waals surface area contributed by atoms with E-state index in [-0.39, 0.29) is 18.1 Å². The predicted octanol–water partition coefficient (Wildman–Crippen LogP) is -0.204. The highest BCUT2D eigenvalue weighted by atomic mass is 16.3. The molecule has 2 aliphatic heterocycles. The van der Waals surface area contributed by atoms with Gasteiger partial charge in [0.25, 0.3) is 0 Å². The van der Waals surface area contributed by atoms with Crippen LogP contribution in [-0.2, 0) is 4.79 Å². The highest BCUT2D eigenvalue weighted by Crippen LogP contribution is 2.25. The summed E-state index contributed by atoms with van der Waals surface area (Å²) in [4.78, 5) is 17.0. The fourth-order valence-corrected chi connectivity index (χ4v) is 3.40. The topological polar surface area (TPSA) is 55.8 Å². The second-order valence-corrected chi connectivity index (χ2v) is 6.15. The molecule has 0 spiro atoms. The number of rotatable bonds is 2. The van der Waals surface area contributed by atoms with Crippen LogP contribution in [0, 0.1) is 0 Å². The van der Waals surface area contributed by atoms with Gasteiger partial charge >= 0.3 is 0 Å². The van der Waals surface area contributed by atoms with E-state index in [1.54, 1.807) is 0 Å². The SMILES string of the molecule is O=C([C@@H]1C[C@@H](O)CN1)N1CCCN(C2CCC2)CC1. The molecule has 0 unspecified atom stereocenters. The Morgan fingerprint density at radius 3 is 2.58 bits per heavy atom. The molecule has 0 aromatic carbocycles. The second kappa shape index (κ2) is 5.77. The molecule has 5 heteroatoms. The van der Waals surface area contributed by atoms with Gasteiger partial charge in [-0.2, -0.15) is 0 Å². The normalized spacial score (nSPS) is 34.1. The molecule has 0 bridgehead atoms. The van der Waals surface area contributed by atoms with Gasteiger partial charge in [0, 0.05) is 38.8 Å². The van der Waals surface area contributed by atoms with E-state index in [1.165, 1.54) is 19.3 Å². The van der Waals surface area contributed by atoms with E-state index >= 15 is 0 Å². The molecule has 2 atom stereocenters. The summed E-state index contributed by atoms with van der Waals surface area (Å²) in [5.41, 5.74) is 0. The monoisotopic (exact) mass is 267 g/mol. The molecule has 108 valence electrons. The Labute approximate surface area is 114 Å². The number of carbonyl (C=O) groups excluding carboxylic acids is 1. The van der Waals surface area contributed by atoms with Gasteiger partial charge in [0.15, 0.2) is 0 Å². The van der Waals surface area contributed by atoms with E-state index in [9.17, 15) is 9.90 Å². The van der Waals surface area contributed by atoms with Crippen molar-refractivity contribution < 1.29 is 9.90 Å². The molecule has 2 saturated heterocycles. The van der Waals surface area contributed by atoms with Crippen molar-refractivity contribution in [3.8, 4) is 0 Å². The summed E-state index contributed by atoms with van der Waals surface area (Å²) in [5.74, 6) is 0.187. The average Bonchev–Trinajstić information content (AvgIpc) is 2.62. The molecule has 1 aliphatic carbocycles. The number of amides is 1. The van der Waals surface area contributed by atoms with Crippen molar-refractivity contribution in [1.29, 1.82) is 0 Å². The highest BCUT2D eigenvalue weighted by molar-refractivity contribution is 5.82. The molecule has 2 N–H and O–H groups in total. The zero-order valence-electron chi connectivity index (χ0n) is 11.6. The van der Waals surface area contributed by atoms with Crippen molar-refractivity contribution in [3.05, 3.63) is 0 Å². The summed E-state index contributed by atoms with van der Waals surface area (Å²) in [6.45, 7) is 4.43. The fraction of sp³-hybridized carbons (Fsp3) is 0.929. The molecule has 19 heavy (non-hydrogen) atoms. The third kappa shape index (κ3) is 2.93. The minimum atomic E-state index is -0.354. The number of nitrogens with zero attached hydrogens (tertiary/aromatic N) is 2. The van der Waals surface area contributed by atoms with Crippen molar-refractivity contribution in [2.75, 3.05) is 32.7 Å². The zero-order valence-corrected chi connectivity index (χ0v) is 11.6. The van der Waals surface area contributed by atoms with E-state index < -0.39 is 0 Å². The maximum atomic E-state index is 12.4. The first-order valence-electron chi connectivity index (χ1n) is 7.68. The van der Waals surface area contributed by atoms with Gasteiger partial charge < -0.3 is 15.3 Å². The van der Waals surface area contributed by atoms with Gasteiger partial charge in [0.05, 0.1) is 12.1 Å².